The molecule has 4 rings (SSSR count). The van der Waals surface area contributed by atoms with Gasteiger partial charge in [0.25, 0.3) is 11.5 Å². The highest BCUT2D eigenvalue weighted by Gasteiger charge is 2.27. The summed E-state index contributed by atoms with van der Waals surface area (Å²) < 4.78 is 9.57. The highest BCUT2D eigenvalue weighted by Crippen LogP contribution is 2.26. The third-order valence-electron chi connectivity index (χ3n) is 5.57. The molecule has 8 heteroatoms. The number of imidazole rings is 1. The molecule has 7 nitrogen and oxygen atoms in total. The van der Waals surface area contributed by atoms with E-state index < -0.39 is 4.92 Å². The number of methoxy groups -OCH3 is 1. The van der Waals surface area contributed by atoms with Gasteiger partial charge in [-0.05, 0) is 43.5 Å². The van der Waals surface area contributed by atoms with E-state index in [2.05, 4.69) is 4.57 Å². The minimum Gasteiger partial charge on any atom is -1.00 e. The summed E-state index contributed by atoms with van der Waals surface area (Å²) in [7, 11) is 1.64. The monoisotopic (exact) mass is 485 g/mol. The maximum atomic E-state index is 12.9. The average molecular weight is 486 g/mol. The van der Waals surface area contributed by atoms with Crippen LogP contribution in [0.2, 0.25) is 0 Å². The molecule has 0 N–H and O–H groups in total. The number of nitrogens with zero attached hydrogens (tertiary/aromatic N) is 3. The molecule has 0 fully saturated rings. The Morgan fingerprint density at radius 1 is 1.16 bits per heavy atom. The van der Waals surface area contributed by atoms with Gasteiger partial charge in [-0.2, -0.15) is 0 Å². The summed E-state index contributed by atoms with van der Waals surface area (Å²) in [4.78, 5) is 23.5. The highest BCUT2D eigenvalue weighted by atomic mass is 79.9. The van der Waals surface area contributed by atoms with E-state index in [1.165, 1.54) is 12.1 Å². The zero-order chi connectivity index (χ0) is 21.1. The molecule has 0 bridgehead atoms. The molecule has 162 valence electrons. The number of nitro benzene ring substituents is 1. The smallest absolute Gasteiger partial charge is 0.270 e. The Balaban J connectivity index is 0.00000272. The van der Waals surface area contributed by atoms with E-state index in [4.69, 9.17) is 4.74 Å². The molecule has 0 spiro atoms. The number of ether oxygens (including phenoxy) is 1. The molecule has 1 aliphatic heterocycles. The van der Waals surface area contributed by atoms with Crippen LogP contribution in [-0.2, 0) is 19.5 Å². The molecule has 0 amide bonds. The van der Waals surface area contributed by atoms with Gasteiger partial charge in [-0.15, -0.1) is 0 Å². The van der Waals surface area contributed by atoms with Gasteiger partial charge < -0.3 is 21.7 Å². The summed E-state index contributed by atoms with van der Waals surface area (Å²) in [5, 5.41) is 11.0. The second-order valence-corrected chi connectivity index (χ2v) is 7.48. The molecule has 0 radical (unpaired) electrons. The van der Waals surface area contributed by atoms with Gasteiger partial charge in [0.05, 0.1) is 18.6 Å². The molecule has 1 aliphatic rings. The van der Waals surface area contributed by atoms with Gasteiger partial charge in [0.1, 0.15) is 11.9 Å². The Morgan fingerprint density at radius 2 is 1.94 bits per heavy atom. The molecule has 0 saturated carbocycles. The van der Waals surface area contributed by atoms with E-state index in [1.54, 1.807) is 19.2 Å². The molecule has 2 aromatic carbocycles. The number of Topliss-reactive ketones (excluding diaryl/α,β-unsaturated/α-hetero) is 1. The summed E-state index contributed by atoms with van der Waals surface area (Å²) in [5.74, 6) is 1.79. The van der Waals surface area contributed by atoms with Crippen molar-refractivity contribution in [1.29, 1.82) is 0 Å². The zero-order valence-electron chi connectivity index (χ0n) is 17.3. The standard InChI is InChI=1S/C23H24N3O4.BrH/c1-30-20-11-9-17(10-12-20)21-15-24(23-8-3-2-4-13-25(21)23)16-22(27)18-6-5-7-19(14-18)26(28)29;/h5-7,9-12,14-15H,2-4,8,13,16H2,1H3;1H/q+1;/p-1. The van der Waals surface area contributed by atoms with Gasteiger partial charge in [-0.25, -0.2) is 9.13 Å². The first-order valence-corrected chi connectivity index (χ1v) is 10.1. The number of ketones is 1. The van der Waals surface area contributed by atoms with E-state index >= 15 is 0 Å². The van der Waals surface area contributed by atoms with Crippen molar-refractivity contribution < 1.29 is 36.0 Å². The summed E-state index contributed by atoms with van der Waals surface area (Å²) in [6, 6.07) is 13.9. The SMILES string of the molecule is COc1ccc(-c2c[n+](CC(=O)c3cccc([N+](=O)[O-])c3)c3n2CCCCC3)cc1.[Br-]. The first-order chi connectivity index (χ1) is 14.6. The Hall–Kier alpha value is -3.00. The van der Waals surface area contributed by atoms with Gasteiger partial charge in [-0.1, -0.05) is 12.1 Å². The van der Waals surface area contributed by atoms with Crippen molar-refractivity contribution in [3.63, 3.8) is 0 Å². The van der Waals surface area contributed by atoms with E-state index in [1.807, 2.05) is 35.0 Å². The second-order valence-electron chi connectivity index (χ2n) is 7.48. The summed E-state index contributed by atoms with van der Waals surface area (Å²) >= 11 is 0. The number of aromatic nitrogens is 2. The fourth-order valence-electron chi connectivity index (χ4n) is 4.01. The molecule has 3 aromatic rings. The second kappa shape index (κ2) is 9.87. The maximum absolute atomic E-state index is 12.9. The van der Waals surface area contributed by atoms with Crippen LogP contribution < -0.4 is 26.3 Å². The maximum Gasteiger partial charge on any atom is 0.270 e. The van der Waals surface area contributed by atoms with E-state index in [9.17, 15) is 14.9 Å². The highest BCUT2D eigenvalue weighted by molar-refractivity contribution is 5.95. The van der Waals surface area contributed by atoms with Crippen LogP contribution in [0.25, 0.3) is 11.3 Å². The van der Waals surface area contributed by atoms with Crippen molar-refractivity contribution in [3.8, 4) is 17.0 Å². The van der Waals surface area contributed by atoms with Crippen LogP contribution in [0.1, 0.15) is 35.4 Å². The Labute approximate surface area is 191 Å². The van der Waals surface area contributed by atoms with Crippen LogP contribution in [-0.4, -0.2) is 22.4 Å². The van der Waals surface area contributed by atoms with Crippen molar-refractivity contribution in [1.82, 2.24) is 4.57 Å². The minimum absolute atomic E-state index is 0. The van der Waals surface area contributed by atoms with Crippen LogP contribution in [0.5, 0.6) is 5.75 Å². The molecule has 0 atom stereocenters. The first-order valence-electron chi connectivity index (χ1n) is 10.1. The van der Waals surface area contributed by atoms with Crippen LogP contribution in [0.15, 0.2) is 54.7 Å². The number of nitro groups is 1. The third-order valence-corrected chi connectivity index (χ3v) is 5.57. The number of fused-ring (bicyclic) bond motifs is 1. The molecular formula is C23H24BrN3O4. The topological polar surface area (TPSA) is 78.2 Å². The van der Waals surface area contributed by atoms with Crippen LogP contribution >= 0.6 is 0 Å². The zero-order valence-corrected chi connectivity index (χ0v) is 18.9. The van der Waals surface area contributed by atoms with E-state index in [0.717, 1.165) is 55.1 Å². The lowest BCUT2D eigenvalue weighted by Gasteiger charge is -2.04. The van der Waals surface area contributed by atoms with Crippen LogP contribution in [0, 0.1) is 10.1 Å². The normalized spacial score (nSPS) is 12.9. The molecule has 0 saturated heterocycles. The predicted octanol–water partition coefficient (Wildman–Crippen LogP) is 0.973. The number of carbonyl (C=O) groups excluding carboxylic acids is 1. The lowest BCUT2D eigenvalue weighted by Crippen LogP contribution is -3.00. The molecular weight excluding hydrogens is 462 g/mol. The Bertz CT molecular complexity index is 1090. The number of hydrogen-bond acceptors (Lipinski definition) is 4. The van der Waals surface area contributed by atoms with Gasteiger partial charge >= 0.3 is 0 Å². The molecule has 0 aliphatic carbocycles. The van der Waals surface area contributed by atoms with E-state index in [-0.39, 0.29) is 35.0 Å². The average Bonchev–Trinajstić information content (AvgIpc) is 2.94. The van der Waals surface area contributed by atoms with Crippen molar-refractivity contribution in [2.45, 2.75) is 38.8 Å². The predicted molar refractivity (Wildman–Crippen MR) is 112 cm³/mol. The minimum atomic E-state index is -0.476. The summed E-state index contributed by atoms with van der Waals surface area (Å²) in [6.07, 6.45) is 6.26. The lowest BCUT2D eigenvalue weighted by atomic mass is 10.1. The fraction of sp³-hybridized carbons (Fsp3) is 0.304. The third kappa shape index (κ3) is 4.85. The van der Waals surface area contributed by atoms with Crippen molar-refractivity contribution in [2.75, 3.05) is 7.11 Å². The summed E-state index contributed by atoms with van der Waals surface area (Å²) in [5.41, 5.74) is 2.43. The lowest BCUT2D eigenvalue weighted by molar-refractivity contribution is -0.690. The number of benzene rings is 2. The first kappa shape index (κ1) is 22.7. The number of rotatable bonds is 6. The quantitative estimate of drug-likeness (QED) is 0.225. The van der Waals surface area contributed by atoms with Crippen molar-refractivity contribution in [2.24, 2.45) is 0 Å². The summed E-state index contributed by atoms with van der Waals surface area (Å²) in [6.45, 7) is 1.07. The molecule has 1 aromatic heterocycles. The van der Waals surface area contributed by atoms with Crippen LogP contribution in [0.4, 0.5) is 5.69 Å². The molecule has 31 heavy (non-hydrogen) atoms. The van der Waals surface area contributed by atoms with Gasteiger partial charge in [0.2, 0.25) is 5.78 Å². The number of hydrogen-bond donors (Lipinski definition) is 0. The Kier molecular flexibility index (Phi) is 7.22. The number of non-ortho nitro benzene ring substituents is 1. The van der Waals surface area contributed by atoms with Gasteiger partial charge in [0, 0.05) is 29.7 Å². The number of carbonyl (C=O) groups is 1. The van der Waals surface area contributed by atoms with Gasteiger partial charge in [0.15, 0.2) is 12.2 Å². The van der Waals surface area contributed by atoms with E-state index in [0.29, 0.717) is 5.56 Å². The Morgan fingerprint density at radius 3 is 2.65 bits per heavy atom. The molecule has 0 unspecified atom stereocenters. The van der Waals surface area contributed by atoms with Gasteiger partial charge in [-0.3, -0.25) is 14.9 Å². The van der Waals surface area contributed by atoms with Crippen LogP contribution in [0.3, 0.4) is 0 Å². The van der Waals surface area contributed by atoms with Crippen molar-refractivity contribution in [3.05, 3.63) is 76.2 Å². The molecule has 2 heterocycles. The largest absolute Gasteiger partial charge is 1.00 e. The van der Waals surface area contributed by atoms with Crippen molar-refractivity contribution >= 4 is 11.5 Å². The number of halogens is 1. The fourth-order valence-corrected chi connectivity index (χ4v) is 4.01.